The Labute approximate surface area is 230 Å². The number of aromatic nitrogens is 1. The molecule has 0 bridgehead atoms. The van der Waals surface area contributed by atoms with Gasteiger partial charge in [-0.15, -0.1) is 0 Å². The summed E-state index contributed by atoms with van der Waals surface area (Å²) >= 11 is 12.9. The monoisotopic (exact) mass is 552 g/mol. The fourth-order valence-corrected chi connectivity index (χ4v) is 4.52. The van der Waals surface area contributed by atoms with Crippen molar-refractivity contribution in [3.8, 4) is 22.5 Å². The number of carbonyl (C=O) groups is 2. The Bertz CT molecular complexity index is 1450. The number of halogens is 2. The summed E-state index contributed by atoms with van der Waals surface area (Å²) in [6.07, 6.45) is -1.03. The number of amides is 1. The van der Waals surface area contributed by atoms with Gasteiger partial charge < -0.3 is 14.0 Å². The van der Waals surface area contributed by atoms with E-state index in [0.29, 0.717) is 44.9 Å². The van der Waals surface area contributed by atoms with Crippen molar-refractivity contribution >= 4 is 41.0 Å². The summed E-state index contributed by atoms with van der Waals surface area (Å²) in [6.45, 7) is 5.59. The highest BCUT2D eigenvalue weighted by atomic mass is 35.5. The van der Waals surface area contributed by atoms with E-state index in [4.69, 9.17) is 37.2 Å². The average Bonchev–Trinajstić information content (AvgIpc) is 3.24. The first-order chi connectivity index (χ1) is 18.3. The predicted octanol–water partition coefficient (Wildman–Crippen LogP) is 8.04. The fraction of sp³-hybridized carbons (Fsp3) is 0.207. The number of hydrogen-bond donors (Lipinski definition) is 1. The molecule has 1 amide bonds. The zero-order valence-electron chi connectivity index (χ0n) is 21.1. The van der Waals surface area contributed by atoms with Crippen LogP contribution < -0.4 is 5.32 Å². The van der Waals surface area contributed by atoms with E-state index >= 15 is 0 Å². The lowest BCUT2D eigenvalue weighted by Crippen LogP contribution is -2.17. The second-order valence-corrected chi connectivity index (χ2v) is 9.35. The molecular formula is C29H26Cl2N2O5. The molecule has 38 heavy (non-hydrogen) atoms. The molecule has 1 aromatic heterocycles. The van der Waals surface area contributed by atoms with Crippen LogP contribution in [0.1, 0.15) is 36.8 Å². The molecule has 1 N–H and O–H groups in total. The average molecular weight is 553 g/mol. The number of benzene rings is 3. The molecule has 4 aromatic rings. The maximum absolute atomic E-state index is 12.7. The fourth-order valence-electron chi connectivity index (χ4n) is 3.95. The largest absolute Gasteiger partial charge is 0.466 e. The highest BCUT2D eigenvalue weighted by molar-refractivity contribution is 6.33. The van der Waals surface area contributed by atoms with Gasteiger partial charge in [0, 0.05) is 26.7 Å². The Morgan fingerprint density at radius 1 is 1.00 bits per heavy atom. The van der Waals surface area contributed by atoms with E-state index in [2.05, 4.69) is 10.5 Å². The van der Waals surface area contributed by atoms with Crippen LogP contribution in [0.15, 0.2) is 71.3 Å². The normalized spacial score (nSPS) is 11.6. The highest BCUT2D eigenvalue weighted by Gasteiger charge is 2.21. The maximum atomic E-state index is 12.7. The number of anilines is 1. The third-order valence-corrected chi connectivity index (χ3v) is 6.52. The summed E-state index contributed by atoms with van der Waals surface area (Å²) in [5, 5.41) is 7.73. The number of rotatable bonds is 8. The van der Waals surface area contributed by atoms with Crippen molar-refractivity contribution in [1.29, 1.82) is 0 Å². The van der Waals surface area contributed by atoms with E-state index in [-0.39, 0.29) is 12.4 Å². The number of carbonyl (C=O) groups excluding carboxylic acids is 2. The number of esters is 1. The number of aryl methyl sites for hydroxylation is 1. The molecule has 0 saturated carbocycles. The Hall–Kier alpha value is -3.81. The van der Waals surface area contributed by atoms with Gasteiger partial charge in [-0.1, -0.05) is 83.0 Å². The van der Waals surface area contributed by atoms with Gasteiger partial charge in [0.25, 0.3) is 0 Å². The molecule has 0 spiro atoms. The third kappa shape index (κ3) is 6.36. The van der Waals surface area contributed by atoms with Gasteiger partial charge in [-0.3, -0.25) is 10.1 Å². The zero-order valence-corrected chi connectivity index (χ0v) is 22.6. The Morgan fingerprint density at radius 2 is 1.71 bits per heavy atom. The summed E-state index contributed by atoms with van der Waals surface area (Å²) in [7, 11) is 0. The summed E-state index contributed by atoms with van der Waals surface area (Å²) in [6, 6.07) is 20.1. The summed E-state index contributed by atoms with van der Waals surface area (Å²) in [5.74, 6) is 0.0830. The lowest BCUT2D eigenvalue weighted by molar-refractivity contribution is -0.142. The SMILES string of the molecule is CCOC(=O)Cc1ccc(-c2ccc(-c3onc(C)c3NC(=O)O[C@H](C)c3ccccc3Cl)cc2Cl)cc1. The molecule has 0 radical (unpaired) electrons. The van der Waals surface area contributed by atoms with Gasteiger partial charge in [0.15, 0.2) is 5.76 Å². The Morgan fingerprint density at radius 3 is 2.39 bits per heavy atom. The number of nitrogens with one attached hydrogen (secondary N) is 1. The number of nitrogens with zero attached hydrogens (tertiary/aromatic N) is 1. The Kier molecular flexibility index (Phi) is 8.71. The van der Waals surface area contributed by atoms with Gasteiger partial charge in [0.05, 0.1) is 13.0 Å². The molecule has 0 aliphatic rings. The summed E-state index contributed by atoms with van der Waals surface area (Å²) in [5.41, 5.74) is 4.74. The zero-order chi connectivity index (χ0) is 27.2. The minimum absolute atomic E-state index is 0.209. The quantitative estimate of drug-likeness (QED) is 0.222. The van der Waals surface area contributed by atoms with Gasteiger partial charge in [-0.05, 0) is 44.0 Å². The summed E-state index contributed by atoms with van der Waals surface area (Å²) < 4.78 is 16.0. The number of hydrogen-bond acceptors (Lipinski definition) is 6. The lowest BCUT2D eigenvalue weighted by atomic mass is 10.0. The molecule has 196 valence electrons. The van der Waals surface area contributed by atoms with Gasteiger partial charge in [-0.2, -0.15) is 0 Å². The van der Waals surface area contributed by atoms with Crippen molar-refractivity contribution in [2.75, 3.05) is 11.9 Å². The molecule has 0 fully saturated rings. The van der Waals surface area contributed by atoms with Crippen molar-refractivity contribution in [2.45, 2.75) is 33.3 Å². The second-order valence-electron chi connectivity index (χ2n) is 8.54. The topological polar surface area (TPSA) is 90.7 Å². The van der Waals surface area contributed by atoms with Crippen LogP contribution in [0.25, 0.3) is 22.5 Å². The van der Waals surface area contributed by atoms with E-state index < -0.39 is 12.2 Å². The highest BCUT2D eigenvalue weighted by Crippen LogP contribution is 2.37. The van der Waals surface area contributed by atoms with Crippen LogP contribution in [0, 0.1) is 6.92 Å². The Balaban J connectivity index is 1.50. The van der Waals surface area contributed by atoms with E-state index in [1.807, 2.05) is 48.5 Å². The molecular weight excluding hydrogens is 527 g/mol. The molecule has 9 heteroatoms. The van der Waals surface area contributed by atoms with Crippen LogP contribution in [-0.2, 0) is 20.7 Å². The van der Waals surface area contributed by atoms with Crippen LogP contribution in [0.4, 0.5) is 10.5 Å². The number of ether oxygens (including phenoxy) is 2. The molecule has 4 rings (SSSR count). The minimum atomic E-state index is -0.671. The van der Waals surface area contributed by atoms with Crippen LogP contribution in [0.5, 0.6) is 0 Å². The van der Waals surface area contributed by atoms with Crippen LogP contribution in [-0.4, -0.2) is 23.8 Å². The van der Waals surface area contributed by atoms with Crippen molar-refractivity contribution in [3.63, 3.8) is 0 Å². The molecule has 0 aliphatic carbocycles. The standard InChI is InChI=1S/C29H26Cl2N2O5/c1-4-36-26(34)15-19-9-11-20(12-10-19)23-14-13-21(16-25(23)31)28-27(17(2)33-38-28)32-29(35)37-18(3)22-7-5-6-8-24(22)30/h5-14,16,18H,4,15H2,1-3H3,(H,32,35)/t18-/m1/s1. The predicted molar refractivity (Wildman–Crippen MR) is 147 cm³/mol. The first-order valence-corrected chi connectivity index (χ1v) is 12.8. The van der Waals surface area contributed by atoms with E-state index in [1.165, 1.54) is 0 Å². The molecule has 1 heterocycles. The second kappa shape index (κ2) is 12.2. The lowest BCUT2D eigenvalue weighted by Gasteiger charge is -2.15. The molecule has 1 atom stereocenters. The molecule has 0 aliphatic heterocycles. The van der Waals surface area contributed by atoms with Crippen molar-refractivity contribution in [2.24, 2.45) is 0 Å². The van der Waals surface area contributed by atoms with Crippen molar-refractivity contribution in [1.82, 2.24) is 5.16 Å². The van der Waals surface area contributed by atoms with Crippen LogP contribution in [0.2, 0.25) is 10.0 Å². The smallest absolute Gasteiger partial charge is 0.412 e. The first kappa shape index (κ1) is 27.2. The minimum Gasteiger partial charge on any atom is -0.466 e. The van der Waals surface area contributed by atoms with E-state index in [9.17, 15) is 9.59 Å². The van der Waals surface area contributed by atoms with Crippen LogP contribution >= 0.6 is 23.2 Å². The van der Waals surface area contributed by atoms with Crippen molar-refractivity contribution in [3.05, 3.63) is 93.6 Å². The third-order valence-electron chi connectivity index (χ3n) is 5.87. The van der Waals surface area contributed by atoms with Crippen LogP contribution in [0.3, 0.4) is 0 Å². The van der Waals surface area contributed by atoms with E-state index in [1.54, 1.807) is 39.0 Å². The molecule has 7 nitrogen and oxygen atoms in total. The summed E-state index contributed by atoms with van der Waals surface area (Å²) in [4.78, 5) is 24.4. The molecule has 0 unspecified atom stereocenters. The van der Waals surface area contributed by atoms with Gasteiger partial charge in [-0.25, -0.2) is 4.79 Å². The van der Waals surface area contributed by atoms with E-state index in [0.717, 1.165) is 16.7 Å². The van der Waals surface area contributed by atoms with Gasteiger partial charge in [0.2, 0.25) is 0 Å². The first-order valence-electron chi connectivity index (χ1n) is 12.0. The van der Waals surface area contributed by atoms with Gasteiger partial charge >= 0.3 is 12.1 Å². The van der Waals surface area contributed by atoms with Gasteiger partial charge in [0.1, 0.15) is 17.5 Å². The maximum Gasteiger partial charge on any atom is 0.412 e. The van der Waals surface area contributed by atoms with Crippen molar-refractivity contribution < 1.29 is 23.6 Å². The molecule has 3 aromatic carbocycles. The molecule has 0 saturated heterocycles.